The van der Waals surface area contributed by atoms with Crippen molar-refractivity contribution in [3.63, 3.8) is 0 Å². The molecule has 0 aliphatic heterocycles. The van der Waals surface area contributed by atoms with Gasteiger partial charge in [0.1, 0.15) is 4.90 Å². The average Bonchev–Trinajstić information content (AvgIpc) is 2.44. The van der Waals surface area contributed by atoms with Gasteiger partial charge in [-0.1, -0.05) is 23.2 Å². The maximum absolute atomic E-state index is 12.2. The average molecular weight is 357 g/mol. The fraction of sp³-hybridized carbons (Fsp3) is 0.500. The van der Waals surface area contributed by atoms with E-state index in [4.69, 9.17) is 38.4 Å². The van der Waals surface area contributed by atoms with Crippen molar-refractivity contribution < 1.29 is 17.9 Å². The summed E-state index contributed by atoms with van der Waals surface area (Å²) < 4.78 is 36.7. The minimum Gasteiger partial charge on any atom is -0.382 e. The summed E-state index contributed by atoms with van der Waals surface area (Å²) in [4.78, 5) is -0.0889. The summed E-state index contributed by atoms with van der Waals surface area (Å²) in [6.07, 6.45) is 0. The minimum absolute atomic E-state index is 0.0784. The molecule has 0 heterocycles. The van der Waals surface area contributed by atoms with Crippen molar-refractivity contribution in [3.05, 3.63) is 27.7 Å². The second kappa shape index (κ2) is 8.89. The monoisotopic (exact) mass is 356 g/mol. The van der Waals surface area contributed by atoms with Gasteiger partial charge in [-0.25, -0.2) is 13.1 Å². The van der Waals surface area contributed by atoms with Crippen molar-refractivity contribution in [2.24, 2.45) is 5.73 Å². The van der Waals surface area contributed by atoms with Crippen molar-refractivity contribution in [2.45, 2.75) is 11.4 Å². The van der Waals surface area contributed by atoms with Crippen LogP contribution in [0.15, 0.2) is 17.0 Å². The summed E-state index contributed by atoms with van der Waals surface area (Å²) in [5.41, 5.74) is 5.98. The molecule has 0 unspecified atom stereocenters. The van der Waals surface area contributed by atoms with E-state index in [2.05, 4.69) is 4.72 Å². The first-order valence-corrected chi connectivity index (χ1v) is 8.40. The van der Waals surface area contributed by atoms with Crippen LogP contribution in [0.3, 0.4) is 0 Å². The molecule has 0 fully saturated rings. The van der Waals surface area contributed by atoms with Gasteiger partial charge in [0.15, 0.2) is 0 Å². The zero-order valence-corrected chi connectivity index (χ0v) is 13.9. The van der Waals surface area contributed by atoms with Crippen molar-refractivity contribution in [3.8, 4) is 0 Å². The Morgan fingerprint density at radius 1 is 1.24 bits per heavy atom. The third-order valence-corrected chi connectivity index (χ3v) is 4.82. The van der Waals surface area contributed by atoms with Crippen LogP contribution in [0, 0.1) is 0 Å². The first-order chi connectivity index (χ1) is 9.92. The number of rotatable bonds is 9. The molecule has 1 rings (SSSR count). The van der Waals surface area contributed by atoms with E-state index in [1.807, 2.05) is 0 Å². The number of nitrogens with two attached hydrogens (primary N) is 1. The van der Waals surface area contributed by atoms with Crippen LogP contribution in [0.4, 0.5) is 0 Å². The zero-order valence-electron chi connectivity index (χ0n) is 11.6. The summed E-state index contributed by atoms with van der Waals surface area (Å²) in [7, 11) is -2.21. The molecule has 0 aromatic heterocycles. The first kappa shape index (κ1) is 18.6. The van der Waals surface area contributed by atoms with Gasteiger partial charge in [-0.2, -0.15) is 0 Å². The summed E-state index contributed by atoms with van der Waals surface area (Å²) in [6, 6.07) is 2.83. The first-order valence-electron chi connectivity index (χ1n) is 6.16. The quantitative estimate of drug-likeness (QED) is 0.652. The minimum atomic E-state index is -3.77. The Balaban J connectivity index is 2.72. The Labute approximate surface area is 134 Å². The smallest absolute Gasteiger partial charge is 0.242 e. The van der Waals surface area contributed by atoms with E-state index >= 15 is 0 Å². The lowest BCUT2D eigenvalue weighted by molar-refractivity contribution is 0.0736. The highest BCUT2D eigenvalue weighted by Crippen LogP contribution is 2.29. The van der Waals surface area contributed by atoms with E-state index in [0.717, 1.165) is 0 Å². The third kappa shape index (κ3) is 5.71. The predicted molar refractivity (Wildman–Crippen MR) is 82.2 cm³/mol. The molecule has 0 aliphatic rings. The topological polar surface area (TPSA) is 90.6 Å². The molecule has 0 atom stereocenters. The van der Waals surface area contributed by atoms with Crippen LogP contribution in [-0.2, 0) is 26.0 Å². The van der Waals surface area contributed by atoms with Gasteiger partial charge in [0.25, 0.3) is 0 Å². The molecule has 3 N–H and O–H groups in total. The van der Waals surface area contributed by atoms with Crippen LogP contribution in [0.5, 0.6) is 0 Å². The fourth-order valence-corrected chi connectivity index (χ4v) is 3.49. The Morgan fingerprint density at radius 2 is 1.95 bits per heavy atom. The van der Waals surface area contributed by atoms with Crippen molar-refractivity contribution in [1.29, 1.82) is 0 Å². The molecule has 0 saturated heterocycles. The van der Waals surface area contributed by atoms with Crippen molar-refractivity contribution in [2.75, 3.05) is 33.5 Å². The van der Waals surface area contributed by atoms with Gasteiger partial charge in [0, 0.05) is 25.2 Å². The molecule has 9 heteroatoms. The van der Waals surface area contributed by atoms with Crippen LogP contribution >= 0.6 is 23.2 Å². The number of halogens is 2. The number of sulfonamides is 1. The molecule has 0 aliphatic carbocycles. The van der Waals surface area contributed by atoms with Gasteiger partial charge >= 0.3 is 0 Å². The molecule has 0 saturated carbocycles. The molecule has 0 radical (unpaired) electrons. The Bertz CT molecular complexity index is 567. The lowest BCUT2D eigenvalue weighted by atomic mass is 10.2. The molecule has 6 nitrogen and oxygen atoms in total. The van der Waals surface area contributed by atoms with Crippen molar-refractivity contribution in [1.82, 2.24) is 4.72 Å². The van der Waals surface area contributed by atoms with Crippen LogP contribution in [0.1, 0.15) is 5.56 Å². The van der Waals surface area contributed by atoms with Gasteiger partial charge in [-0.15, -0.1) is 0 Å². The third-order valence-electron chi connectivity index (χ3n) is 2.56. The molecular formula is C12H18Cl2N2O4S. The number of hydrogen-bond acceptors (Lipinski definition) is 5. The normalized spacial score (nSPS) is 11.8. The second-order valence-corrected chi connectivity index (χ2v) is 6.63. The zero-order chi connectivity index (χ0) is 15.9. The summed E-state index contributed by atoms with van der Waals surface area (Å²) >= 11 is 11.9. The van der Waals surface area contributed by atoms with E-state index in [-0.39, 0.29) is 34.6 Å². The molecule has 120 valence electrons. The van der Waals surface area contributed by atoms with E-state index in [1.165, 1.54) is 12.1 Å². The van der Waals surface area contributed by atoms with Gasteiger partial charge < -0.3 is 15.2 Å². The highest BCUT2D eigenvalue weighted by molar-refractivity contribution is 7.89. The van der Waals surface area contributed by atoms with Gasteiger partial charge in [-0.3, -0.25) is 0 Å². The molecule has 21 heavy (non-hydrogen) atoms. The van der Waals surface area contributed by atoms with E-state index in [1.54, 1.807) is 7.11 Å². The lowest BCUT2D eigenvalue weighted by Gasteiger charge is -2.11. The molecule has 1 aromatic rings. The van der Waals surface area contributed by atoms with Crippen molar-refractivity contribution >= 4 is 33.2 Å². The van der Waals surface area contributed by atoms with E-state index < -0.39 is 10.0 Å². The number of methoxy groups -OCH3 is 1. The van der Waals surface area contributed by atoms with E-state index in [9.17, 15) is 8.42 Å². The van der Waals surface area contributed by atoms with Crippen LogP contribution in [0.2, 0.25) is 10.0 Å². The van der Waals surface area contributed by atoms with Gasteiger partial charge in [0.05, 0.1) is 24.8 Å². The highest BCUT2D eigenvalue weighted by Gasteiger charge is 2.20. The SMILES string of the molecule is COCCOCCNS(=O)(=O)c1cc(Cl)cc(CN)c1Cl. The lowest BCUT2D eigenvalue weighted by Crippen LogP contribution is -2.28. The molecular weight excluding hydrogens is 339 g/mol. The number of nitrogens with one attached hydrogen (secondary N) is 1. The molecule has 0 amide bonds. The standard InChI is InChI=1S/C12H18Cl2N2O4S/c1-19-4-5-20-3-2-16-21(17,18)11-7-10(13)6-9(8-15)12(11)14/h6-7,16H,2-5,8,15H2,1H3. The highest BCUT2D eigenvalue weighted by atomic mass is 35.5. The van der Waals surface area contributed by atoms with Crippen LogP contribution in [0.25, 0.3) is 0 Å². The molecule has 1 aromatic carbocycles. The molecule has 0 bridgehead atoms. The van der Waals surface area contributed by atoms with Gasteiger partial charge in [0.2, 0.25) is 10.0 Å². The maximum Gasteiger partial charge on any atom is 0.242 e. The number of ether oxygens (including phenoxy) is 2. The summed E-state index contributed by atoms with van der Waals surface area (Å²) in [6.45, 7) is 1.29. The number of benzene rings is 1. The maximum atomic E-state index is 12.2. The largest absolute Gasteiger partial charge is 0.382 e. The summed E-state index contributed by atoms with van der Waals surface area (Å²) in [5.74, 6) is 0. The van der Waals surface area contributed by atoms with E-state index in [0.29, 0.717) is 18.8 Å². The van der Waals surface area contributed by atoms with Gasteiger partial charge in [-0.05, 0) is 17.7 Å². The Morgan fingerprint density at radius 3 is 2.57 bits per heavy atom. The van der Waals surface area contributed by atoms with Crippen LogP contribution < -0.4 is 10.5 Å². The summed E-state index contributed by atoms with van der Waals surface area (Å²) in [5, 5.41) is 0.339. The molecule has 0 spiro atoms. The predicted octanol–water partition coefficient (Wildman–Crippen LogP) is 1.39. The second-order valence-electron chi connectivity index (χ2n) is 4.08. The Hall–Kier alpha value is -0.410. The number of hydrogen-bond donors (Lipinski definition) is 2. The Kier molecular flexibility index (Phi) is 7.89. The van der Waals surface area contributed by atoms with Crippen LogP contribution in [-0.4, -0.2) is 41.9 Å². The fourth-order valence-electron chi connectivity index (χ4n) is 1.53.